The van der Waals surface area contributed by atoms with Crippen molar-refractivity contribution in [3.05, 3.63) is 34.4 Å². The van der Waals surface area contributed by atoms with E-state index < -0.39 is 4.92 Å². The third kappa shape index (κ3) is 3.02. The molecule has 0 aliphatic heterocycles. The summed E-state index contributed by atoms with van der Waals surface area (Å²) in [5.41, 5.74) is 0.0646. The third-order valence-corrected chi connectivity index (χ3v) is 3.32. The van der Waals surface area contributed by atoms with Crippen LogP contribution in [0.4, 0.5) is 5.69 Å². The first-order chi connectivity index (χ1) is 9.15. The molecule has 0 saturated heterocycles. The molecule has 104 valence electrons. The van der Waals surface area contributed by atoms with Crippen LogP contribution in [0.25, 0.3) is 0 Å². The van der Waals surface area contributed by atoms with Crippen molar-refractivity contribution in [3.63, 3.8) is 0 Å². The summed E-state index contributed by atoms with van der Waals surface area (Å²) in [5, 5.41) is 13.9. The molecule has 0 heterocycles. The number of nitro benzene ring substituents is 1. The van der Waals surface area contributed by atoms with Gasteiger partial charge >= 0.3 is 0 Å². The van der Waals surface area contributed by atoms with Crippen LogP contribution in [0.1, 0.15) is 13.3 Å². The fraction of sp³-hybridized carbons (Fsp3) is 0.538. The van der Waals surface area contributed by atoms with E-state index in [4.69, 9.17) is 9.47 Å². The van der Waals surface area contributed by atoms with Crippen molar-refractivity contribution in [2.45, 2.75) is 31.6 Å². The molecule has 1 aliphatic carbocycles. The molecule has 0 spiro atoms. The Kier molecular flexibility index (Phi) is 4.34. The van der Waals surface area contributed by atoms with E-state index >= 15 is 0 Å². The third-order valence-electron chi connectivity index (χ3n) is 3.32. The van der Waals surface area contributed by atoms with Crippen LogP contribution in [0.3, 0.4) is 0 Å². The van der Waals surface area contributed by atoms with Crippen LogP contribution in [0.15, 0.2) is 24.3 Å². The highest BCUT2D eigenvalue weighted by molar-refractivity contribution is 5.36. The van der Waals surface area contributed by atoms with Crippen molar-refractivity contribution in [1.82, 2.24) is 5.32 Å². The van der Waals surface area contributed by atoms with E-state index in [1.54, 1.807) is 19.2 Å². The maximum absolute atomic E-state index is 10.6. The number of hydrogen-bond donors (Lipinski definition) is 1. The summed E-state index contributed by atoms with van der Waals surface area (Å²) >= 11 is 0. The van der Waals surface area contributed by atoms with E-state index in [9.17, 15) is 10.1 Å². The van der Waals surface area contributed by atoms with Crippen LogP contribution in [-0.2, 0) is 4.74 Å². The van der Waals surface area contributed by atoms with Gasteiger partial charge in [-0.05, 0) is 18.7 Å². The van der Waals surface area contributed by atoms with Crippen molar-refractivity contribution in [3.8, 4) is 5.75 Å². The summed E-state index contributed by atoms with van der Waals surface area (Å²) < 4.78 is 11.2. The lowest BCUT2D eigenvalue weighted by molar-refractivity contribution is -0.384. The molecule has 2 rings (SSSR count). The summed E-state index contributed by atoms with van der Waals surface area (Å²) in [5.74, 6) is 0.632. The highest BCUT2D eigenvalue weighted by atomic mass is 16.6. The first-order valence-electron chi connectivity index (χ1n) is 6.33. The van der Waals surface area contributed by atoms with Crippen LogP contribution >= 0.6 is 0 Å². The van der Waals surface area contributed by atoms with E-state index in [1.165, 1.54) is 12.1 Å². The number of nitro groups is 1. The highest BCUT2D eigenvalue weighted by Gasteiger charge is 2.42. The Morgan fingerprint density at radius 3 is 2.63 bits per heavy atom. The number of nitrogens with one attached hydrogen (secondary N) is 1. The summed E-state index contributed by atoms with van der Waals surface area (Å²) in [7, 11) is 1.67. The second kappa shape index (κ2) is 5.99. The average molecular weight is 266 g/mol. The number of likely N-dealkylation sites (N-methyl/N-ethyl adjacent to an activating group) is 1. The minimum Gasteiger partial charge on any atom is -0.488 e. The van der Waals surface area contributed by atoms with E-state index in [0.29, 0.717) is 11.8 Å². The molecule has 6 heteroatoms. The lowest BCUT2D eigenvalue weighted by Crippen LogP contribution is -2.60. The smallest absolute Gasteiger partial charge is 0.269 e. The molecule has 0 amide bonds. The van der Waals surface area contributed by atoms with Crippen LogP contribution in [0.2, 0.25) is 0 Å². The molecule has 3 atom stereocenters. The van der Waals surface area contributed by atoms with Gasteiger partial charge in [0.1, 0.15) is 18.0 Å². The van der Waals surface area contributed by atoms with E-state index in [-0.39, 0.29) is 17.9 Å². The van der Waals surface area contributed by atoms with Gasteiger partial charge in [0.2, 0.25) is 0 Å². The number of rotatable bonds is 6. The summed E-state index contributed by atoms with van der Waals surface area (Å²) in [4.78, 5) is 10.1. The van der Waals surface area contributed by atoms with Crippen molar-refractivity contribution < 1.29 is 14.4 Å². The van der Waals surface area contributed by atoms with Gasteiger partial charge in [0, 0.05) is 31.7 Å². The average Bonchev–Trinajstić information content (AvgIpc) is 2.38. The topological polar surface area (TPSA) is 73.6 Å². The first-order valence-corrected chi connectivity index (χ1v) is 6.33. The largest absolute Gasteiger partial charge is 0.488 e. The fourth-order valence-electron chi connectivity index (χ4n) is 2.30. The molecular weight excluding hydrogens is 248 g/mol. The maximum atomic E-state index is 10.6. The number of nitrogens with zero attached hydrogens (tertiary/aromatic N) is 1. The van der Waals surface area contributed by atoms with Gasteiger partial charge in [-0.3, -0.25) is 10.1 Å². The van der Waals surface area contributed by atoms with Gasteiger partial charge in [-0.1, -0.05) is 6.92 Å². The molecule has 0 aromatic heterocycles. The van der Waals surface area contributed by atoms with Crippen molar-refractivity contribution in [2.75, 3.05) is 13.7 Å². The van der Waals surface area contributed by atoms with Gasteiger partial charge < -0.3 is 14.8 Å². The molecular formula is C13H18N2O4. The van der Waals surface area contributed by atoms with Crippen molar-refractivity contribution in [2.24, 2.45) is 0 Å². The molecule has 1 aromatic carbocycles. The Morgan fingerprint density at radius 2 is 2.11 bits per heavy atom. The lowest BCUT2D eigenvalue weighted by atomic mass is 9.85. The zero-order valence-electron chi connectivity index (χ0n) is 11.0. The van der Waals surface area contributed by atoms with E-state index in [1.807, 2.05) is 0 Å². The van der Waals surface area contributed by atoms with Crippen molar-refractivity contribution in [1.29, 1.82) is 0 Å². The maximum Gasteiger partial charge on any atom is 0.269 e. The van der Waals surface area contributed by atoms with Crippen LogP contribution < -0.4 is 10.1 Å². The minimum absolute atomic E-state index is 0.00416. The number of non-ortho nitro benzene ring substituents is 1. The van der Waals surface area contributed by atoms with E-state index in [0.717, 1.165) is 13.0 Å². The molecule has 0 bridgehead atoms. The van der Waals surface area contributed by atoms with Gasteiger partial charge in [0.25, 0.3) is 5.69 Å². The van der Waals surface area contributed by atoms with Crippen LogP contribution in [0.5, 0.6) is 5.75 Å². The second-order valence-corrected chi connectivity index (χ2v) is 4.51. The summed E-state index contributed by atoms with van der Waals surface area (Å²) in [6.45, 7) is 2.95. The Morgan fingerprint density at radius 1 is 1.42 bits per heavy atom. The number of methoxy groups -OCH3 is 1. The molecule has 0 radical (unpaired) electrons. The van der Waals surface area contributed by atoms with Gasteiger partial charge in [-0.15, -0.1) is 0 Å². The quantitative estimate of drug-likeness (QED) is 0.627. The zero-order valence-corrected chi connectivity index (χ0v) is 11.0. The SMILES string of the molecule is CCNC1CC(Oc2ccc([N+](=O)[O-])cc2)C1OC. The molecule has 3 unspecified atom stereocenters. The molecule has 1 saturated carbocycles. The molecule has 1 fully saturated rings. The Hall–Kier alpha value is -1.66. The zero-order chi connectivity index (χ0) is 13.8. The Balaban J connectivity index is 1.93. The molecule has 6 nitrogen and oxygen atoms in total. The number of hydrogen-bond acceptors (Lipinski definition) is 5. The highest BCUT2D eigenvalue weighted by Crippen LogP contribution is 2.29. The van der Waals surface area contributed by atoms with Crippen molar-refractivity contribution >= 4 is 5.69 Å². The van der Waals surface area contributed by atoms with Gasteiger partial charge in [0.15, 0.2) is 0 Å². The molecule has 19 heavy (non-hydrogen) atoms. The number of ether oxygens (including phenoxy) is 2. The predicted octanol–water partition coefficient (Wildman–Crippen LogP) is 1.74. The normalized spacial score (nSPS) is 25.7. The standard InChI is InChI=1S/C13H18N2O4/c1-3-14-11-8-12(13(11)18-2)19-10-6-4-9(5-7-10)15(16)17/h4-7,11-14H,3,8H2,1-2H3. The second-order valence-electron chi connectivity index (χ2n) is 4.51. The lowest BCUT2D eigenvalue weighted by Gasteiger charge is -2.43. The monoisotopic (exact) mass is 266 g/mol. The summed E-state index contributed by atoms with van der Waals surface area (Å²) in [6, 6.07) is 6.43. The van der Waals surface area contributed by atoms with Gasteiger partial charge in [0.05, 0.1) is 4.92 Å². The molecule has 1 aliphatic rings. The Labute approximate surface area is 111 Å². The first kappa shape index (κ1) is 13.8. The minimum atomic E-state index is -0.424. The summed E-state index contributed by atoms with van der Waals surface area (Å²) in [6.07, 6.45) is 0.897. The van der Waals surface area contributed by atoms with Crippen LogP contribution in [-0.4, -0.2) is 36.8 Å². The predicted molar refractivity (Wildman–Crippen MR) is 70.4 cm³/mol. The van der Waals surface area contributed by atoms with Crippen LogP contribution in [0, 0.1) is 10.1 Å². The van der Waals surface area contributed by atoms with Gasteiger partial charge in [-0.2, -0.15) is 0 Å². The van der Waals surface area contributed by atoms with E-state index in [2.05, 4.69) is 12.2 Å². The number of benzene rings is 1. The molecule has 1 N–H and O–H groups in total. The van der Waals surface area contributed by atoms with Gasteiger partial charge in [-0.25, -0.2) is 0 Å². The Bertz CT molecular complexity index is 435. The fourth-order valence-corrected chi connectivity index (χ4v) is 2.30. The molecule has 1 aromatic rings.